The molecule has 3 aliphatic heterocycles. The van der Waals surface area contributed by atoms with E-state index in [0.717, 1.165) is 100 Å². The average Bonchev–Trinajstić information content (AvgIpc) is 3.54. The molecule has 4 aliphatic rings. The molecule has 2 aromatic rings. The van der Waals surface area contributed by atoms with Crippen LogP contribution in [0.1, 0.15) is 87.6 Å². The zero-order valence-electron chi connectivity index (χ0n) is 27.7. The second-order valence-electron chi connectivity index (χ2n) is 14.4. The molecule has 0 spiro atoms. The Hall–Kier alpha value is -1.90. The van der Waals surface area contributed by atoms with E-state index in [0.29, 0.717) is 29.4 Å². The molecular weight excluding hydrogens is 643 g/mol. The molecule has 0 bridgehead atoms. The van der Waals surface area contributed by atoms with Gasteiger partial charge in [-0.1, -0.05) is 32.4 Å². The highest BCUT2D eigenvalue weighted by molar-refractivity contribution is 6.31. The molecule has 1 saturated carbocycles. The molecule has 0 unspecified atom stereocenters. The van der Waals surface area contributed by atoms with Crippen LogP contribution in [0.2, 0.25) is 5.02 Å². The lowest BCUT2D eigenvalue weighted by atomic mass is 9.68. The Balaban J connectivity index is 0.00000240. The molecule has 1 aliphatic carbocycles. The predicted molar refractivity (Wildman–Crippen MR) is 193 cm³/mol. The van der Waals surface area contributed by atoms with Gasteiger partial charge in [-0.15, -0.1) is 24.8 Å². The quantitative estimate of drug-likeness (QED) is 0.316. The van der Waals surface area contributed by atoms with Gasteiger partial charge in [0.15, 0.2) is 0 Å². The number of halogens is 3. The van der Waals surface area contributed by atoms with E-state index in [4.69, 9.17) is 21.1 Å². The van der Waals surface area contributed by atoms with E-state index < -0.39 is 0 Å². The highest BCUT2D eigenvalue weighted by Gasteiger charge is 2.33. The number of rotatable bonds is 7. The molecule has 1 atom stereocenters. The Bertz CT molecular complexity index is 1280. The van der Waals surface area contributed by atoms with Gasteiger partial charge in [-0.3, -0.25) is 4.79 Å². The molecule has 10 heteroatoms. The van der Waals surface area contributed by atoms with Crippen LogP contribution >= 0.6 is 36.4 Å². The highest BCUT2D eigenvalue weighted by atomic mass is 35.5. The van der Waals surface area contributed by atoms with Gasteiger partial charge in [0, 0.05) is 81.0 Å². The molecule has 3 heterocycles. The number of nitrogens with one attached hydrogen (secondary N) is 2. The molecule has 6 rings (SSSR count). The minimum absolute atomic E-state index is 0. The number of hydrogen-bond donors (Lipinski definition) is 2. The summed E-state index contributed by atoms with van der Waals surface area (Å²) in [7, 11) is 0. The van der Waals surface area contributed by atoms with Gasteiger partial charge in [0.05, 0.1) is 0 Å². The Labute approximate surface area is 293 Å². The average molecular weight is 696 g/mol. The van der Waals surface area contributed by atoms with Gasteiger partial charge < -0.3 is 29.9 Å². The maximum Gasteiger partial charge on any atom is 0.253 e. The van der Waals surface area contributed by atoms with Crippen LogP contribution in [0.4, 0.5) is 5.69 Å². The van der Waals surface area contributed by atoms with Gasteiger partial charge in [-0.25, -0.2) is 0 Å². The standard InChI is InChI=1S/C36H51ClN4O3.2ClH/c1-36(2,3)27-7-4-25(5-8-27)33-20-26(6-9-34(33)44-31-10-13-39-24-31)35(42)41-16-11-30(12-17-41)43-32-22-28(37)21-29(23-32)40-18-14-38-15-19-40;;/h6,9,20-23,25,27,30-31,38-39H,4-5,7-8,10-19,24H2,1-3H3;2*1H/t25?,27?,31-;;/m0../s1. The second-order valence-corrected chi connectivity index (χ2v) is 14.8. The van der Waals surface area contributed by atoms with Crippen LogP contribution in [0.25, 0.3) is 0 Å². The van der Waals surface area contributed by atoms with Crippen molar-refractivity contribution in [2.45, 2.75) is 83.8 Å². The highest BCUT2D eigenvalue weighted by Crippen LogP contribution is 2.45. The smallest absolute Gasteiger partial charge is 0.253 e. The van der Waals surface area contributed by atoms with Gasteiger partial charge in [-0.05, 0) is 91.8 Å². The van der Waals surface area contributed by atoms with Crippen LogP contribution in [0.3, 0.4) is 0 Å². The van der Waals surface area contributed by atoms with Gasteiger partial charge in [0.25, 0.3) is 5.91 Å². The summed E-state index contributed by atoms with van der Waals surface area (Å²) in [5, 5.41) is 7.52. The van der Waals surface area contributed by atoms with Crippen LogP contribution < -0.4 is 25.0 Å². The number of benzene rings is 2. The second kappa shape index (κ2) is 16.5. The molecule has 3 saturated heterocycles. The van der Waals surface area contributed by atoms with Crippen LogP contribution in [-0.2, 0) is 0 Å². The van der Waals surface area contributed by atoms with Gasteiger partial charge in [0.1, 0.15) is 23.7 Å². The SMILES string of the molecule is CC(C)(C)C1CCC(c2cc(C(=O)N3CCC(Oc4cc(Cl)cc(N5CCNCC5)c4)CC3)ccc2O[C@H]2CCNC2)CC1.Cl.Cl. The first kappa shape index (κ1) is 36.9. The summed E-state index contributed by atoms with van der Waals surface area (Å²) in [6.45, 7) is 14.2. The lowest BCUT2D eigenvalue weighted by Crippen LogP contribution is -2.43. The first-order chi connectivity index (χ1) is 21.2. The molecule has 46 heavy (non-hydrogen) atoms. The van der Waals surface area contributed by atoms with Gasteiger partial charge in [-0.2, -0.15) is 0 Å². The van der Waals surface area contributed by atoms with Crippen molar-refractivity contribution in [3.05, 3.63) is 52.5 Å². The normalized spacial score (nSPS) is 24.1. The number of piperidine rings is 1. The molecule has 7 nitrogen and oxygen atoms in total. The number of anilines is 1. The zero-order chi connectivity index (χ0) is 30.7. The Morgan fingerprint density at radius 2 is 1.52 bits per heavy atom. The van der Waals surface area contributed by atoms with E-state index in [9.17, 15) is 4.79 Å². The molecule has 0 aromatic heterocycles. The summed E-state index contributed by atoms with van der Waals surface area (Å²) in [5.41, 5.74) is 3.47. The summed E-state index contributed by atoms with van der Waals surface area (Å²) in [6.07, 6.45) is 7.68. The number of nitrogens with zero attached hydrogens (tertiary/aromatic N) is 2. The Kier molecular flexibility index (Phi) is 13.2. The van der Waals surface area contributed by atoms with E-state index >= 15 is 0 Å². The van der Waals surface area contributed by atoms with Crippen molar-refractivity contribution in [3.63, 3.8) is 0 Å². The number of ether oxygens (including phenoxy) is 2. The molecule has 256 valence electrons. The third-order valence-electron chi connectivity index (χ3n) is 10.3. The monoisotopic (exact) mass is 694 g/mol. The van der Waals surface area contributed by atoms with Crippen molar-refractivity contribution >= 4 is 48.0 Å². The summed E-state index contributed by atoms with van der Waals surface area (Å²) in [6, 6.07) is 12.3. The number of piperazine rings is 1. The number of hydrogen-bond acceptors (Lipinski definition) is 6. The largest absolute Gasteiger partial charge is 0.490 e. The van der Waals surface area contributed by atoms with Crippen LogP contribution in [0.5, 0.6) is 11.5 Å². The third-order valence-corrected chi connectivity index (χ3v) is 10.5. The van der Waals surface area contributed by atoms with E-state index in [1.165, 1.54) is 18.4 Å². The third kappa shape index (κ3) is 9.16. The van der Waals surface area contributed by atoms with E-state index in [1.807, 2.05) is 23.1 Å². The topological polar surface area (TPSA) is 66.1 Å². The van der Waals surface area contributed by atoms with E-state index in [2.05, 4.69) is 54.5 Å². The lowest BCUT2D eigenvalue weighted by Gasteiger charge is -2.37. The molecule has 4 fully saturated rings. The maximum atomic E-state index is 13.8. The molecular formula is C36H53Cl3N4O3. The molecule has 1 amide bonds. The first-order valence-electron chi connectivity index (χ1n) is 17.0. The fraction of sp³-hybridized carbons (Fsp3) is 0.639. The summed E-state index contributed by atoms with van der Waals surface area (Å²) in [5.74, 6) is 3.09. The van der Waals surface area contributed by atoms with Crippen molar-refractivity contribution < 1.29 is 14.3 Å². The van der Waals surface area contributed by atoms with E-state index in [-0.39, 0.29) is 42.9 Å². The molecule has 2 N–H and O–H groups in total. The van der Waals surface area contributed by atoms with Gasteiger partial charge >= 0.3 is 0 Å². The number of amides is 1. The summed E-state index contributed by atoms with van der Waals surface area (Å²) >= 11 is 6.49. The lowest BCUT2D eigenvalue weighted by molar-refractivity contribution is 0.0595. The zero-order valence-corrected chi connectivity index (χ0v) is 30.1. The number of carbonyl (C=O) groups excluding carboxylic acids is 1. The van der Waals surface area contributed by atoms with E-state index in [1.54, 1.807) is 0 Å². The maximum absolute atomic E-state index is 13.8. The predicted octanol–water partition coefficient (Wildman–Crippen LogP) is 7.34. The Morgan fingerprint density at radius 1 is 0.804 bits per heavy atom. The molecule has 2 aromatic carbocycles. The van der Waals surface area contributed by atoms with Crippen molar-refractivity contribution in [2.75, 3.05) is 57.3 Å². The van der Waals surface area contributed by atoms with Crippen LogP contribution in [0, 0.1) is 11.3 Å². The fourth-order valence-corrected chi connectivity index (χ4v) is 7.78. The van der Waals surface area contributed by atoms with Crippen molar-refractivity contribution in [3.8, 4) is 11.5 Å². The van der Waals surface area contributed by atoms with Crippen molar-refractivity contribution in [1.82, 2.24) is 15.5 Å². The van der Waals surface area contributed by atoms with Gasteiger partial charge in [0.2, 0.25) is 0 Å². The van der Waals surface area contributed by atoms with Crippen LogP contribution in [-0.4, -0.2) is 75.4 Å². The minimum atomic E-state index is 0. The summed E-state index contributed by atoms with van der Waals surface area (Å²) in [4.78, 5) is 18.2. The Morgan fingerprint density at radius 3 is 2.17 bits per heavy atom. The van der Waals surface area contributed by atoms with Crippen molar-refractivity contribution in [2.24, 2.45) is 11.3 Å². The minimum Gasteiger partial charge on any atom is -0.490 e. The van der Waals surface area contributed by atoms with Crippen molar-refractivity contribution in [1.29, 1.82) is 0 Å². The fourth-order valence-electron chi connectivity index (χ4n) is 7.56. The molecule has 0 radical (unpaired) electrons. The summed E-state index contributed by atoms with van der Waals surface area (Å²) < 4.78 is 13.0. The first-order valence-corrected chi connectivity index (χ1v) is 17.3. The van der Waals surface area contributed by atoms with Crippen LogP contribution in [0.15, 0.2) is 36.4 Å². The number of likely N-dealkylation sites (tertiary alicyclic amines) is 1. The number of carbonyl (C=O) groups is 1.